The molecule has 0 aliphatic carbocycles. The predicted molar refractivity (Wildman–Crippen MR) is 151 cm³/mol. The van der Waals surface area contributed by atoms with Gasteiger partial charge in [0.05, 0.1) is 29.4 Å². The quantitative estimate of drug-likeness (QED) is 0.196. The number of carbonyl (C=O) groups excluding carboxylic acids is 1. The van der Waals surface area contributed by atoms with E-state index >= 15 is 0 Å². The van der Waals surface area contributed by atoms with Crippen LogP contribution in [0.5, 0.6) is 0 Å². The lowest BCUT2D eigenvalue weighted by Crippen LogP contribution is -2.28. The molecule has 1 aliphatic heterocycles. The molecule has 6 rings (SSSR count). The Bertz CT molecular complexity index is 1800. The molecule has 40 heavy (non-hydrogen) atoms. The fraction of sp³-hybridized carbons (Fsp3) is 0.107. The van der Waals surface area contributed by atoms with E-state index < -0.39 is 17.4 Å². The van der Waals surface area contributed by atoms with Crippen molar-refractivity contribution in [3.63, 3.8) is 0 Å². The monoisotopic (exact) mass is 620 g/mol. The molecule has 0 saturated carbocycles. The summed E-state index contributed by atoms with van der Waals surface area (Å²) in [6, 6.07) is 18.9. The number of benzene rings is 3. The first kappa shape index (κ1) is 26.1. The first-order valence-corrected chi connectivity index (χ1v) is 13.9. The zero-order valence-corrected chi connectivity index (χ0v) is 23.0. The number of nitrogens with one attached hydrogen (secondary N) is 1. The molecule has 0 bridgehead atoms. The van der Waals surface area contributed by atoms with Gasteiger partial charge >= 0.3 is 0 Å². The Kier molecular flexibility index (Phi) is 7.03. The van der Waals surface area contributed by atoms with E-state index in [1.807, 2.05) is 24.3 Å². The van der Waals surface area contributed by atoms with Crippen molar-refractivity contribution in [2.75, 3.05) is 5.75 Å². The first-order chi connectivity index (χ1) is 19.4. The molecule has 2 aromatic heterocycles. The number of halogens is 3. The third-order valence-electron chi connectivity index (χ3n) is 6.42. The van der Waals surface area contributed by atoms with Crippen LogP contribution in [0.2, 0.25) is 0 Å². The molecule has 3 heterocycles. The smallest absolute Gasteiger partial charge is 0.262 e. The van der Waals surface area contributed by atoms with Crippen molar-refractivity contribution in [1.29, 1.82) is 0 Å². The van der Waals surface area contributed by atoms with Crippen molar-refractivity contribution in [3.05, 3.63) is 117 Å². The third-order valence-corrected chi connectivity index (χ3v) is 7.80. The number of aromatic amines is 1. The van der Waals surface area contributed by atoms with Gasteiger partial charge in [0.25, 0.3) is 11.5 Å². The van der Waals surface area contributed by atoms with Gasteiger partial charge in [0.1, 0.15) is 17.0 Å². The van der Waals surface area contributed by atoms with Crippen molar-refractivity contribution >= 4 is 50.3 Å². The number of aromatic nitrogens is 4. The summed E-state index contributed by atoms with van der Waals surface area (Å²) in [7, 11) is 0. The fourth-order valence-corrected chi connectivity index (χ4v) is 5.41. The lowest BCUT2D eigenvalue weighted by molar-refractivity contribution is -0.130. The van der Waals surface area contributed by atoms with Gasteiger partial charge in [-0.3, -0.25) is 9.59 Å². The Morgan fingerprint density at radius 1 is 1.00 bits per heavy atom. The summed E-state index contributed by atoms with van der Waals surface area (Å²) < 4.78 is 29.4. The minimum atomic E-state index is -0.415. The molecule has 1 N–H and O–H groups in total. The van der Waals surface area contributed by atoms with Crippen molar-refractivity contribution in [3.8, 4) is 5.69 Å². The zero-order chi connectivity index (χ0) is 27.8. The van der Waals surface area contributed by atoms with E-state index in [0.29, 0.717) is 12.1 Å². The fourth-order valence-electron chi connectivity index (χ4n) is 4.44. The number of amides is 1. The maximum atomic E-state index is 13.6. The summed E-state index contributed by atoms with van der Waals surface area (Å²) in [5.74, 6) is -1.13. The highest BCUT2D eigenvalue weighted by molar-refractivity contribution is 9.10. The number of fused-ring (bicyclic) bond motifs is 1. The van der Waals surface area contributed by atoms with Crippen LogP contribution in [0.3, 0.4) is 0 Å². The number of rotatable bonds is 6. The Balaban J connectivity index is 1.27. The van der Waals surface area contributed by atoms with Gasteiger partial charge in [-0.1, -0.05) is 52.0 Å². The molecule has 1 atom stereocenters. The van der Waals surface area contributed by atoms with Crippen molar-refractivity contribution in [2.45, 2.75) is 17.6 Å². The highest BCUT2D eigenvalue weighted by Gasteiger charge is 2.33. The van der Waals surface area contributed by atoms with Gasteiger partial charge in [0, 0.05) is 10.9 Å². The van der Waals surface area contributed by atoms with Gasteiger partial charge in [-0.15, -0.1) is 0 Å². The molecule has 5 aromatic rings. The molecule has 0 spiro atoms. The third kappa shape index (κ3) is 5.19. The van der Waals surface area contributed by atoms with Gasteiger partial charge in [0.15, 0.2) is 10.8 Å². The van der Waals surface area contributed by atoms with Crippen LogP contribution in [-0.4, -0.2) is 42.1 Å². The van der Waals surface area contributed by atoms with E-state index in [9.17, 15) is 18.4 Å². The Labute approximate surface area is 238 Å². The Morgan fingerprint density at radius 3 is 2.38 bits per heavy atom. The molecular formula is C28H19BrF2N6O2S. The van der Waals surface area contributed by atoms with Crippen LogP contribution in [-0.2, 0) is 4.79 Å². The molecule has 12 heteroatoms. The van der Waals surface area contributed by atoms with E-state index in [4.69, 9.17) is 0 Å². The molecule has 0 fully saturated rings. The average Bonchev–Trinajstić information content (AvgIpc) is 3.59. The first-order valence-electron chi connectivity index (χ1n) is 12.1. The van der Waals surface area contributed by atoms with E-state index in [1.54, 1.807) is 12.1 Å². The summed E-state index contributed by atoms with van der Waals surface area (Å²) in [6.07, 6.45) is 1.85. The molecule has 3 aromatic carbocycles. The van der Waals surface area contributed by atoms with Crippen LogP contribution < -0.4 is 5.56 Å². The SMILES string of the molecule is O=C(CSc1nc2c(cnn2-c2ccc(F)cc2)c(=O)[nH]1)N1N=C(c2ccc(Br)cc2)CC1c1ccc(F)cc1. The Hall–Kier alpha value is -4.16. The summed E-state index contributed by atoms with van der Waals surface area (Å²) in [5, 5.41) is 10.8. The summed E-state index contributed by atoms with van der Waals surface area (Å²) in [5.41, 5.74) is 2.78. The molecule has 1 amide bonds. The van der Waals surface area contributed by atoms with Crippen LogP contribution in [0.4, 0.5) is 8.78 Å². The van der Waals surface area contributed by atoms with Crippen molar-refractivity contribution in [1.82, 2.24) is 24.8 Å². The number of nitrogens with zero attached hydrogens (tertiary/aromatic N) is 5. The minimum Gasteiger partial charge on any atom is -0.301 e. The number of hydrogen-bond acceptors (Lipinski definition) is 6. The highest BCUT2D eigenvalue weighted by Crippen LogP contribution is 2.34. The van der Waals surface area contributed by atoms with Crippen LogP contribution >= 0.6 is 27.7 Å². The number of carbonyl (C=O) groups is 1. The number of H-pyrrole nitrogens is 1. The standard InChI is InChI=1S/C28H19BrF2N6O2S/c29-18-5-1-16(2-6-18)23-13-24(17-3-7-19(30)8-4-17)37(35-23)25(38)15-40-28-33-26-22(27(39)34-28)14-32-36(26)21-11-9-20(31)10-12-21/h1-12,14,24H,13,15H2,(H,33,34,39). The second-order valence-electron chi connectivity index (χ2n) is 8.99. The van der Waals surface area contributed by atoms with Gasteiger partial charge in [-0.05, 0) is 59.7 Å². The molecule has 1 unspecified atom stereocenters. The normalized spacial score (nSPS) is 15.0. The van der Waals surface area contributed by atoms with Crippen LogP contribution in [0.25, 0.3) is 16.7 Å². The second-order valence-corrected chi connectivity index (χ2v) is 10.9. The lowest BCUT2D eigenvalue weighted by Gasteiger charge is -2.22. The number of hydrogen-bond donors (Lipinski definition) is 1. The molecule has 8 nitrogen and oxygen atoms in total. The van der Waals surface area contributed by atoms with Crippen molar-refractivity contribution in [2.24, 2.45) is 5.10 Å². The van der Waals surface area contributed by atoms with E-state index in [-0.39, 0.29) is 33.7 Å². The van der Waals surface area contributed by atoms with E-state index in [2.05, 4.69) is 36.1 Å². The van der Waals surface area contributed by atoms with E-state index in [0.717, 1.165) is 33.1 Å². The van der Waals surface area contributed by atoms with Gasteiger partial charge < -0.3 is 4.98 Å². The number of thioether (sulfide) groups is 1. The lowest BCUT2D eigenvalue weighted by atomic mass is 9.98. The molecule has 0 saturated heterocycles. The van der Waals surface area contributed by atoms with Gasteiger partial charge in [-0.2, -0.15) is 10.2 Å². The zero-order valence-electron chi connectivity index (χ0n) is 20.6. The van der Waals surface area contributed by atoms with Crippen molar-refractivity contribution < 1.29 is 13.6 Å². The Morgan fingerprint density at radius 2 is 1.68 bits per heavy atom. The number of hydrazone groups is 1. The average molecular weight is 621 g/mol. The van der Waals surface area contributed by atoms with Crippen LogP contribution in [0.1, 0.15) is 23.6 Å². The molecule has 0 radical (unpaired) electrons. The topological polar surface area (TPSA) is 96.2 Å². The summed E-state index contributed by atoms with van der Waals surface area (Å²) >= 11 is 4.49. The molecule has 200 valence electrons. The van der Waals surface area contributed by atoms with Gasteiger partial charge in [-0.25, -0.2) is 23.5 Å². The maximum Gasteiger partial charge on any atom is 0.262 e. The van der Waals surface area contributed by atoms with Crippen LogP contribution in [0.15, 0.2) is 98.5 Å². The maximum absolute atomic E-state index is 13.6. The highest BCUT2D eigenvalue weighted by atomic mass is 79.9. The molecule has 1 aliphatic rings. The minimum absolute atomic E-state index is 0.0616. The van der Waals surface area contributed by atoms with Gasteiger partial charge in [0.2, 0.25) is 0 Å². The van der Waals surface area contributed by atoms with Crippen LogP contribution in [0, 0.1) is 11.6 Å². The summed E-state index contributed by atoms with van der Waals surface area (Å²) in [4.78, 5) is 33.4. The second kappa shape index (κ2) is 10.8. The summed E-state index contributed by atoms with van der Waals surface area (Å²) in [6.45, 7) is 0. The largest absolute Gasteiger partial charge is 0.301 e. The predicted octanol–water partition coefficient (Wildman–Crippen LogP) is 5.62. The van der Waals surface area contributed by atoms with E-state index in [1.165, 1.54) is 52.3 Å². The molecular weight excluding hydrogens is 602 g/mol.